The van der Waals surface area contributed by atoms with Crippen LogP contribution in [0.15, 0.2) is 76.8 Å². The van der Waals surface area contributed by atoms with Crippen LogP contribution in [0.4, 0.5) is 0 Å². The highest BCUT2D eigenvalue weighted by atomic mass is 16.5. The van der Waals surface area contributed by atoms with E-state index in [-0.39, 0.29) is 11.5 Å². The van der Waals surface area contributed by atoms with E-state index >= 15 is 0 Å². The fourth-order valence-corrected chi connectivity index (χ4v) is 4.85. The Balaban J connectivity index is 1.77. The highest BCUT2D eigenvalue weighted by Crippen LogP contribution is 2.34. The van der Waals surface area contributed by atoms with E-state index in [0.717, 1.165) is 38.9 Å². The third kappa shape index (κ3) is 4.33. The Kier molecular flexibility index (Phi) is 6.42. The molecule has 0 amide bonds. The van der Waals surface area contributed by atoms with Crippen molar-refractivity contribution in [3.63, 3.8) is 0 Å². The molecule has 0 unspecified atom stereocenters. The zero-order valence-electron chi connectivity index (χ0n) is 22.2. The second-order valence-corrected chi connectivity index (χ2v) is 9.98. The van der Waals surface area contributed by atoms with Crippen molar-refractivity contribution in [3.05, 3.63) is 93.9 Å². The predicted octanol–water partition coefficient (Wildman–Crippen LogP) is 6.92. The van der Waals surface area contributed by atoms with Crippen molar-refractivity contribution < 1.29 is 4.74 Å². The minimum absolute atomic E-state index is 0.203. The molecule has 0 fully saturated rings. The molecule has 2 heterocycles. The molecule has 0 N–H and O–H groups in total. The van der Waals surface area contributed by atoms with Gasteiger partial charge in [-0.15, -0.1) is 0 Å². The van der Waals surface area contributed by atoms with Crippen LogP contribution in [0.25, 0.3) is 33.2 Å². The Morgan fingerprint density at radius 1 is 0.973 bits per heavy atom. The maximum Gasteiger partial charge on any atom is 0.282 e. The molecule has 0 saturated carbocycles. The van der Waals surface area contributed by atoms with Crippen LogP contribution < -0.4 is 10.3 Å². The number of benzene rings is 3. The molecule has 0 spiro atoms. The molecule has 3 aromatic carbocycles. The van der Waals surface area contributed by atoms with Crippen LogP contribution in [0.2, 0.25) is 0 Å². The largest absolute Gasteiger partial charge is 0.496 e. The van der Waals surface area contributed by atoms with Crippen molar-refractivity contribution in [2.24, 2.45) is 5.10 Å². The lowest BCUT2D eigenvalue weighted by Crippen LogP contribution is -2.20. The van der Waals surface area contributed by atoms with Gasteiger partial charge in [0.05, 0.1) is 24.2 Å². The number of hydrogen-bond acceptors (Lipinski definition) is 4. The molecule has 5 rings (SSSR count). The average Bonchev–Trinajstić information content (AvgIpc) is 3.27. The zero-order valence-corrected chi connectivity index (χ0v) is 22.2. The lowest BCUT2D eigenvalue weighted by Gasteiger charge is -2.17. The Morgan fingerprint density at radius 2 is 1.68 bits per heavy atom. The number of methoxy groups -OCH3 is 1. The molecule has 37 heavy (non-hydrogen) atoms. The van der Waals surface area contributed by atoms with E-state index in [1.807, 2.05) is 43.3 Å². The topological polar surface area (TPSA) is 61.4 Å². The first-order valence-electron chi connectivity index (χ1n) is 12.6. The summed E-state index contributed by atoms with van der Waals surface area (Å²) in [6.07, 6.45) is 3.86. The quantitative estimate of drug-likeness (QED) is 0.242. The third-order valence-electron chi connectivity index (χ3n) is 6.83. The Morgan fingerprint density at radius 3 is 2.38 bits per heavy atom. The lowest BCUT2D eigenvalue weighted by molar-refractivity contribution is 0.407. The number of rotatable bonds is 6. The normalized spacial score (nSPS) is 12.0. The summed E-state index contributed by atoms with van der Waals surface area (Å²) in [5, 5.41) is 6.38. The Bertz CT molecular complexity index is 1710. The Labute approximate surface area is 216 Å². The van der Waals surface area contributed by atoms with Crippen molar-refractivity contribution in [3.8, 4) is 17.1 Å². The summed E-state index contributed by atoms with van der Waals surface area (Å²) in [6.45, 7) is 10.6. The minimum Gasteiger partial charge on any atom is -0.496 e. The number of fused-ring (bicyclic) bond motifs is 2. The number of hydrogen-bond donors (Lipinski definition) is 0. The highest BCUT2D eigenvalue weighted by molar-refractivity contribution is 5.99. The predicted molar refractivity (Wildman–Crippen MR) is 152 cm³/mol. The second-order valence-electron chi connectivity index (χ2n) is 9.98. The van der Waals surface area contributed by atoms with E-state index in [2.05, 4.69) is 56.7 Å². The Hall–Kier alpha value is -4.19. The molecular weight excluding hydrogens is 460 g/mol. The summed E-state index contributed by atoms with van der Waals surface area (Å²) in [5.74, 6) is 1.58. The molecule has 0 aliphatic rings. The van der Waals surface area contributed by atoms with Gasteiger partial charge in [0.15, 0.2) is 5.82 Å². The van der Waals surface area contributed by atoms with Crippen LogP contribution in [0.5, 0.6) is 5.75 Å². The molecule has 0 aliphatic carbocycles. The van der Waals surface area contributed by atoms with Gasteiger partial charge in [-0.2, -0.15) is 9.78 Å². The standard InChI is InChI=1S/C31H32N4O2/c1-19(2)25-16-26(21(5)15-29(25)37-6)30-33-27-13-9-7-12-24(27)31(36)35(30)32-17-22-18-34(20(3)4)28-14-10-8-11-23(22)28/h7-20H,1-6H3. The molecule has 6 heteroatoms. The van der Waals surface area contributed by atoms with Crippen molar-refractivity contribution in [1.82, 2.24) is 14.2 Å². The van der Waals surface area contributed by atoms with Crippen LogP contribution in [0, 0.1) is 6.92 Å². The van der Waals surface area contributed by atoms with Gasteiger partial charge in [0, 0.05) is 34.3 Å². The molecule has 0 aliphatic heterocycles. The molecule has 0 radical (unpaired) electrons. The van der Waals surface area contributed by atoms with Crippen LogP contribution in [0.1, 0.15) is 56.3 Å². The van der Waals surface area contributed by atoms with Crippen molar-refractivity contribution in [1.29, 1.82) is 0 Å². The SMILES string of the molecule is COc1cc(C)c(-c2nc3ccccc3c(=O)n2N=Cc2cn(C(C)C)c3ccccc23)cc1C(C)C. The van der Waals surface area contributed by atoms with E-state index in [9.17, 15) is 4.79 Å². The van der Waals surface area contributed by atoms with Gasteiger partial charge >= 0.3 is 0 Å². The average molecular weight is 493 g/mol. The van der Waals surface area contributed by atoms with Crippen molar-refractivity contribution >= 4 is 28.0 Å². The fourth-order valence-electron chi connectivity index (χ4n) is 4.85. The van der Waals surface area contributed by atoms with E-state index in [1.54, 1.807) is 19.4 Å². The second kappa shape index (κ2) is 9.69. The molecule has 188 valence electrons. The molecule has 2 aromatic heterocycles. The number of aromatic nitrogens is 3. The molecule has 5 aromatic rings. The summed E-state index contributed by atoms with van der Waals surface area (Å²) in [5.41, 5.74) is 5.40. The monoisotopic (exact) mass is 492 g/mol. The summed E-state index contributed by atoms with van der Waals surface area (Å²) < 4.78 is 9.31. The maximum absolute atomic E-state index is 13.8. The van der Waals surface area contributed by atoms with E-state index in [1.165, 1.54) is 4.68 Å². The first-order valence-corrected chi connectivity index (χ1v) is 12.6. The van der Waals surface area contributed by atoms with Gasteiger partial charge in [-0.05, 0) is 68.1 Å². The number of para-hydroxylation sites is 2. The molecule has 0 atom stereocenters. The van der Waals surface area contributed by atoms with Crippen LogP contribution in [0.3, 0.4) is 0 Å². The summed E-state index contributed by atoms with van der Waals surface area (Å²) in [6, 6.07) is 20.0. The van der Waals surface area contributed by atoms with Crippen LogP contribution in [-0.4, -0.2) is 27.6 Å². The van der Waals surface area contributed by atoms with Crippen molar-refractivity contribution in [2.75, 3.05) is 7.11 Å². The molecule has 0 bridgehead atoms. The summed E-state index contributed by atoms with van der Waals surface area (Å²) in [7, 11) is 1.68. The van der Waals surface area contributed by atoms with E-state index in [0.29, 0.717) is 22.8 Å². The number of aryl methyl sites for hydroxylation is 1. The van der Waals surface area contributed by atoms with E-state index < -0.39 is 0 Å². The molecule has 6 nitrogen and oxygen atoms in total. The number of ether oxygens (including phenoxy) is 1. The third-order valence-corrected chi connectivity index (χ3v) is 6.83. The highest BCUT2D eigenvalue weighted by Gasteiger charge is 2.18. The van der Waals surface area contributed by atoms with Gasteiger partial charge < -0.3 is 9.30 Å². The molecule has 0 saturated heterocycles. The first kappa shape index (κ1) is 24.5. The first-order chi connectivity index (χ1) is 17.8. The van der Waals surface area contributed by atoms with Gasteiger partial charge in [0.1, 0.15) is 5.75 Å². The minimum atomic E-state index is -0.203. The van der Waals surface area contributed by atoms with Crippen LogP contribution >= 0.6 is 0 Å². The van der Waals surface area contributed by atoms with Gasteiger partial charge in [-0.3, -0.25) is 4.79 Å². The summed E-state index contributed by atoms with van der Waals surface area (Å²) in [4.78, 5) is 18.7. The summed E-state index contributed by atoms with van der Waals surface area (Å²) >= 11 is 0. The smallest absolute Gasteiger partial charge is 0.282 e. The lowest BCUT2D eigenvalue weighted by atomic mass is 9.96. The fraction of sp³-hybridized carbons (Fsp3) is 0.258. The van der Waals surface area contributed by atoms with Gasteiger partial charge in [-0.25, -0.2) is 4.98 Å². The zero-order chi connectivity index (χ0) is 26.3. The van der Waals surface area contributed by atoms with Crippen LogP contribution in [-0.2, 0) is 0 Å². The van der Waals surface area contributed by atoms with Gasteiger partial charge in [0.2, 0.25) is 0 Å². The van der Waals surface area contributed by atoms with Gasteiger partial charge in [0.25, 0.3) is 5.56 Å². The van der Waals surface area contributed by atoms with Gasteiger partial charge in [-0.1, -0.05) is 44.2 Å². The number of nitrogens with zero attached hydrogens (tertiary/aromatic N) is 4. The van der Waals surface area contributed by atoms with Crippen molar-refractivity contribution in [2.45, 2.75) is 46.6 Å². The maximum atomic E-state index is 13.8. The molecular formula is C31H32N4O2. The van der Waals surface area contributed by atoms with E-state index in [4.69, 9.17) is 14.8 Å².